The molecule has 2 heterocycles. The van der Waals surface area contributed by atoms with Gasteiger partial charge in [-0.25, -0.2) is 0 Å². The van der Waals surface area contributed by atoms with Gasteiger partial charge in [0.05, 0.1) is 12.7 Å². The first-order valence-corrected chi connectivity index (χ1v) is 8.06. The van der Waals surface area contributed by atoms with Gasteiger partial charge in [0.1, 0.15) is 11.6 Å². The van der Waals surface area contributed by atoms with E-state index in [1.807, 2.05) is 34.7 Å². The van der Waals surface area contributed by atoms with Crippen LogP contribution >= 0.6 is 12.2 Å². The van der Waals surface area contributed by atoms with Crippen molar-refractivity contribution in [1.29, 1.82) is 0 Å². The Balaban J connectivity index is 1.82. The van der Waals surface area contributed by atoms with Crippen LogP contribution in [0.2, 0.25) is 0 Å². The van der Waals surface area contributed by atoms with E-state index in [0.29, 0.717) is 22.6 Å². The number of carbonyl (C=O) groups excluding carboxylic acids is 1. The Bertz CT molecular complexity index is 767. The lowest BCUT2D eigenvalue weighted by Crippen LogP contribution is -2.39. The van der Waals surface area contributed by atoms with Gasteiger partial charge >= 0.3 is 0 Å². The highest BCUT2D eigenvalue weighted by molar-refractivity contribution is 7.71. The summed E-state index contributed by atoms with van der Waals surface area (Å²) < 4.78 is 7.80. The lowest BCUT2D eigenvalue weighted by atomic mass is 9.96. The molecule has 0 radical (unpaired) electrons. The Labute approximate surface area is 140 Å². The molecule has 3 rings (SSSR count). The van der Waals surface area contributed by atoms with Gasteiger partial charge in [0.2, 0.25) is 0 Å². The van der Waals surface area contributed by atoms with E-state index in [1.54, 1.807) is 13.2 Å². The number of aromatic nitrogens is 3. The Hall–Kier alpha value is -2.15. The van der Waals surface area contributed by atoms with Crippen molar-refractivity contribution in [2.75, 3.05) is 20.2 Å². The van der Waals surface area contributed by atoms with Gasteiger partial charge < -0.3 is 14.2 Å². The van der Waals surface area contributed by atoms with Crippen LogP contribution in [0.15, 0.2) is 24.3 Å². The Morgan fingerprint density at radius 3 is 2.91 bits per heavy atom. The molecule has 1 aliphatic heterocycles. The van der Waals surface area contributed by atoms with Crippen LogP contribution in [-0.2, 0) is 7.05 Å². The summed E-state index contributed by atoms with van der Waals surface area (Å²) in [6.45, 7) is 1.40. The third kappa shape index (κ3) is 3.01. The third-order valence-electron chi connectivity index (χ3n) is 4.33. The lowest BCUT2D eigenvalue weighted by molar-refractivity contribution is 0.0700. The number of nitrogens with one attached hydrogen (secondary N) is 1. The molecule has 1 atom stereocenters. The second kappa shape index (κ2) is 6.54. The summed E-state index contributed by atoms with van der Waals surface area (Å²) >= 11 is 5.18. The van der Waals surface area contributed by atoms with Gasteiger partial charge in [-0.2, -0.15) is 5.10 Å². The van der Waals surface area contributed by atoms with Gasteiger partial charge in [0.25, 0.3) is 5.91 Å². The van der Waals surface area contributed by atoms with Crippen molar-refractivity contribution in [3.63, 3.8) is 0 Å². The molecule has 0 bridgehead atoms. The van der Waals surface area contributed by atoms with E-state index in [9.17, 15) is 4.79 Å². The summed E-state index contributed by atoms with van der Waals surface area (Å²) in [4.78, 5) is 14.7. The zero-order chi connectivity index (χ0) is 16.4. The van der Waals surface area contributed by atoms with E-state index < -0.39 is 0 Å². The minimum absolute atomic E-state index is 0.00364. The molecule has 2 aromatic rings. The number of likely N-dealkylation sites (tertiary alicyclic amines) is 1. The monoisotopic (exact) mass is 332 g/mol. The number of benzene rings is 1. The number of methoxy groups -OCH3 is 1. The molecule has 1 aliphatic rings. The number of hydrogen-bond donors (Lipinski definition) is 1. The van der Waals surface area contributed by atoms with Crippen molar-refractivity contribution in [3.05, 3.63) is 40.4 Å². The highest BCUT2D eigenvalue weighted by Gasteiger charge is 2.29. The maximum absolute atomic E-state index is 12.8. The zero-order valence-electron chi connectivity index (χ0n) is 13.3. The number of ether oxygens (including phenoxy) is 1. The first-order valence-electron chi connectivity index (χ1n) is 7.65. The highest BCUT2D eigenvalue weighted by Crippen LogP contribution is 2.28. The third-order valence-corrected chi connectivity index (χ3v) is 4.69. The molecule has 23 heavy (non-hydrogen) atoms. The van der Waals surface area contributed by atoms with Crippen LogP contribution in [-0.4, -0.2) is 45.8 Å². The zero-order valence-corrected chi connectivity index (χ0v) is 14.1. The van der Waals surface area contributed by atoms with E-state index in [4.69, 9.17) is 17.0 Å². The van der Waals surface area contributed by atoms with Gasteiger partial charge in [-0.3, -0.25) is 9.89 Å². The van der Waals surface area contributed by atoms with E-state index in [-0.39, 0.29) is 11.8 Å². The highest BCUT2D eigenvalue weighted by atomic mass is 32.1. The fraction of sp³-hybridized carbons (Fsp3) is 0.438. The van der Waals surface area contributed by atoms with Crippen molar-refractivity contribution >= 4 is 18.1 Å². The molecule has 0 aliphatic carbocycles. The molecule has 7 heteroatoms. The number of carbonyl (C=O) groups is 1. The predicted octanol–water partition coefficient (Wildman–Crippen LogP) is 2.51. The number of hydrogen-bond acceptors (Lipinski definition) is 4. The van der Waals surface area contributed by atoms with Crippen LogP contribution in [0.4, 0.5) is 0 Å². The topological polar surface area (TPSA) is 63.1 Å². The maximum Gasteiger partial charge on any atom is 0.257 e. The lowest BCUT2D eigenvalue weighted by Gasteiger charge is -2.32. The quantitative estimate of drug-likeness (QED) is 0.877. The molecule has 1 saturated heterocycles. The summed E-state index contributed by atoms with van der Waals surface area (Å²) in [5, 5.41) is 7.14. The number of para-hydroxylation sites is 1. The molecule has 1 amide bonds. The first kappa shape index (κ1) is 15.7. The predicted molar refractivity (Wildman–Crippen MR) is 89.3 cm³/mol. The van der Waals surface area contributed by atoms with Gasteiger partial charge in [-0.15, -0.1) is 0 Å². The Morgan fingerprint density at radius 2 is 2.22 bits per heavy atom. The number of rotatable bonds is 3. The summed E-state index contributed by atoms with van der Waals surface area (Å²) in [5.74, 6) is 1.72. The number of H-pyrrole nitrogens is 1. The van der Waals surface area contributed by atoms with Crippen molar-refractivity contribution in [2.24, 2.45) is 7.05 Å². The van der Waals surface area contributed by atoms with Crippen LogP contribution in [0, 0.1) is 4.77 Å². The fourth-order valence-electron chi connectivity index (χ4n) is 3.09. The van der Waals surface area contributed by atoms with Crippen LogP contribution < -0.4 is 4.74 Å². The molecule has 1 unspecified atom stereocenters. The van der Waals surface area contributed by atoms with Gasteiger partial charge in [0.15, 0.2) is 4.77 Å². The number of aromatic amines is 1. The smallest absolute Gasteiger partial charge is 0.257 e. The molecule has 6 nitrogen and oxygen atoms in total. The van der Waals surface area contributed by atoms with Gasteiger partial charge in [0, 0.05) is 26.1 Å². The van der Waals surface area contributed by atoms with E-state index in [1.165, 1.54) is 0 Å². The molecule has 1 aromatic heterocycles. The SMILES string of the molecule is COc1ccccc1C(=O)N1CCCC(c2n[nH]c(=S)n2C)C1. The second-order valence-electron chi connectivity index (χ2n) is 5.74. The van der Waals surface area contributed by atoms with E-state index in [2.05, 4.69) is 10.2 Å². The normalized spacial score (nSPS) is 18.0. The number of piperidine rings is 1. The van der Waals surface area contributed by atoms with Crippen molar-refractivity contribution in [3.8, 4) is 5.75 Å². The average molecular weight is 332 g/mol. The van der Waals surface area contributed by atoms with Crippen LogP contribution in [0.25, 0.3) is 0 Å². The first-order chi connectivity index (χ1) is 11.1. The summed E-state index contributed by atoms with van der Waals surface area (Å²) in [6.07, 6.45) is 1.95. The van der Waals surface area contributed by atoms with Crippen molar-refractivity contribution < 1.29 is 9.53 Å². The van der Waals surface area contributed by atoms with Crippen LogP contribution in [0.1, 0.15) is 34.9 Å². The summed E-state index contributed by atoms with van der Waals surface area (Å²) in [6, 6.07) is 7.34. The molecule has 122 valence electrons. The fourth-order valence-corrected chi connectivity index (χ4v) is 3.23. The van der Waals surface area contributed by atoms with Gasteiger partial charge in [-0.1, -0.05) is 12.1 Å². The van der Waals surface area contributed by atoms with Crippen LogP contribution in [0.3, 0.4) is 0 Å². The van der Waals surface area contributed by atoms with E-state index in [0.717, 1.165) is 25.2 Å². The number of amides is 1. The number of nitrogens with zero attached hydrogens (tertiary/aromatic N) is 3. The molecule has 1 aromatic carbocycles. The second-order valence-corrected chi connectivity index (χ2v) is 6.12. The van der Waals surface area contributed by atoms with Crippen molar-refractivity contribution in [2.45, 2.75) is 18.8 Å². The molecule has 0 spiro atoms. The van der Waals surface area contributed by atoms with Gasteiger partial charge in [-0.05, 0) is 37.2 Å². The summed E-state index contributed by atoms with van der Waals surface area (Å²) in [5.41, 5.74) is 0.603. The molecular formula is C16H20N4O2S. The molecule has 1 N–H and O–H groups in total. The largest absolute Gasteiger partial charge is 0.496 e. The summed E-state index contributed by atoms with van der Waals surface area (Å²) in [7, 11) is 3.49. The van der Waals surface area contributed by atoms with Crippen molar-refractivity contribution in [1.82, 2.24) is 19.7 Å². The molecule has 1 fully saturated rings. The Kier molecular flexibility index (Phi) is 4.47. The minimum Gasteiger partial charge on any atom is -0.496 e. The van der Waals surface area contributed by atoms with E-state index >= 15 is 0 Å². The standard InChI is InChI=1S/C16H20N4O2S/c1-19-14(17-18-16(19)23)11-6-5-9-20(10-11)15(21)12-7-3-4-8-13(12)22-2/h3-4,7-8,11H,5-6,9-10H2,1-2H3,(H,18,23). The Morgan fingerprint density at radius 1 is 1.43 bits per heavy atom. The molecular weight excluding hydrogens is 312 g/mol. The maximum atomic E-state index is 12.8. The minimum atomic E-state index is 0.00364. The van der Waals surface area contributed by atoms with Crippen LogP contribution in [0.5, 0.6) is 5.75 Å². The average Bonchev–Trinajstić information content (AvgIpc) is 2.93. The molecule has 0 saturated carbocycles.